The molecule has 3 nitrogen and oxygen atoms in total. The van der Waals surface area contributed by atoms with E-state index in [9.17, 15) is 0 Å². The van der Waals surface area contributed by atoms with E-state index < -0.39 is 0 Å². The van der Waals surface area contributed by atoms with Crippen LogP contribution in [0.25, 0.3) is 0 Å². The van der Waals surface area contributed by atoms with Crippen molar-refractivity contribution < 1.29 is 4.52 Å². The highest BCUT2D eigenvalue weighted by Gasteiger charge is 2.11. The van der Waals surface area contributed by atoms with Crippen LogP contribution in [0.2, 0.25) is 0 Å². The van der Waals surface area contributed by atoms with E-state index in [1.165, 1.54) is 0 Å². The Morgan fingerprint density at radius 3 is 2.64 bits per heavy atom. The summed E-state index contributed by atoms with van der Waals surface area (Å²) in [4.78, 5) is 0. The number of nitrogens with two attached hydrogens (primary N) is 1. The molecule has 0 aliphatic rings. The van der Waals surface area contributed by atoms with Crippen LogP contribution in [-0.2, 0) is 6.42 Å². The van der Waals surface area contributed by atoms with Crippen LogP contribution in [0.3, 0.4) is 0 Å². The molecule has 1 rings (SSSR count). The highest BCUT2D eigenvalue weighted by Crippen LogP contribution is 2.25. The van der Waals surface area contributed by atoms with Crippen molar-refractivity contribution in [2.45, 2.75) is 20.3 Å². The molecule has 0 bridgehead atoms. The molecule has 0 fully saturated rings. The Labute approximate surface area is 74.1 Å². The average Bonchev–Trinajstić information content (AvgIpc) is 2.18. The maximum atomic E-state index is 5.46. The number of hydrogen-bond donors (Lipinski definition) is 1. The van der Waals surface area contributed by atoms with Crippen molar-refractivity contribution in [1.29, 1.82) is 0 Å². The summed E-state index contributed by atoms with van der Waals surface area (Å²) in [6, 6.07) is 0. The summed E-state index contributed by atoms with van der Waals surface area (Å²) in [5.74, 6) is 1.82. The first kappa shape index (κ1) is 8.59. The van der Waals surface area contributed by atoms with E-state index >= 15 is 0 Å². The van der Waals surface area contributed by atoms with Gasteiger partial charge in [-0.25, -0.2) is 0 Å². The maximum absolute atomic E-state index is 5.46. The van der Waals surface area contributed by atoms with Crippen molar-refractivity contribution in [3.05, 3.63) is 10.2 Å². The van der Waals surface area contributed by atoms with E-state index in [2.05, 4.69) is 34.9 Å². The molecule has 11 heavy (non-hydrogen) atoms. The van der Waals surface area contributed by atoms with Crippen molar-refractivity contribution in [2.24, 2.45) is 5.92 Å². The SMILES string of the molecule is CC(C)Cc1onc(N)c1Br. The first-order valence-electron chi connectivity index (χ1n) is 3.50. The third kappa shape index (κ3) is 1.96. The van der Waals surface area contributed by atoms with Gasteiger partial charge in [-0.1, -0.05) is 19.0 Å². The molecule has 0 saturated carbocycles. The fraction of sp³-hybridized carbons (Fsp3) is 0.571. The lowest BCUT2D eigenvalue weighted by molar-refractivity contribution is 0.370. The van der Waals surface area contributed by atoms with Crippen molar-refractivity contribution in [3.8, 4) is 0 Å². The molecular formula is C7H11BrN2O. The molecular weight excluding hydrogens is 208 g/mol. The minimum absolute atomic E-state index is 0.431. The molecule has 0 radical (unpaired) electrons. The Bertz CT molecular complexity index is 245. The second-order valence-corrected chi connectivity index (χ2v) is 3.70. The van der Waals surface area contributed by atoms with E-state index in [4.69, 9.17) is 10.3 Å². The number of halogens is 1. The van der Waals surface area contributed by atoms with Gasteiger partial charge in [0.15, 0.2) is 11.6 Å². The molecule has 0 saturated heterocycles. The summed E-state index contributed by atoms with van der Waals surface area (Å²) in [6.07, 6.45) is 0.866. The first-order chi connectivity index (χ1) is 5.11. The molecule has 0 unspecified atom stereocenters. The van der Waals surface area contributed by atoms with E-state index in [0.717, 1.165) is 16.7 Å². The van der Waals surface area contributed by atoms with Crippen molar-refractivity contribution >= 4 is 21.7 Å². The molecule has 0 spiro atoms. The third-order valence-electron chi connectivity index (χ3n) is 1.32. The monoisotopic (exact) mass is 218 g/mol. The predicted molar refractivity (Wildman–Crippen MR) is 47.2 cm³/mol. The number of aromatic nitrogens is 1. The quantitative estimate of drug-likeness (QED) is 0.829. The lowest BCUT2D eigenvalue weighted by Crippen LogP contribution is -1.92. The van der Waals surface area contributed by atoms with Crippen LogP contribution in [0.4, 0.5) is 5.82 Å². The van der Waals surface area contributed by atoms with E-state index in [0.29, 0.717) is 11.7 Å². The summed E-state index contributed by atoms with van der Waals surface area (Å²) in [5, 5.41) is 3.63. The molecule has 2 N–H and O–H groups in total. The molecule has 4 heteroatoms. The van der Waals surface area contributed by atoms with E-state index in [1.54, 1.807) is 0 Å². The molecule has 1 heterocycles. The van der Waals surface area contributed by atoms with Gasteiger partial charge in [-0.2, -0.15) is 0 Å². The van der Waals surface area contributed by atoms with Crippen LogP contribution in [-0.4, -0.2) is 5.16 Å². The maximum Gasteiger partial charge on any atom is 0.181 e. The zero-order valence-corrected chi connectivity index (χ0v) is 8.18. The van der Waals surface area contributed by atoms with Gasteiger partial charge in [-0.15, -0.1) is 0 Å². The molecule has 0 aromatic carbocycles. The van der Waals surface area contributed by atoms with Gasteiger partial charge < -0.3 is 10.3 Å². The van der Waals surface area contributed by atoms with Crippen LogP contribution in [0.5, 0.6) is 0 Å². The minimum Gasteiger partial charge on any atom is -0.380 e. The Morgan fingerprint density at radius 2 is 2.27 bits per heavy atom. The number of nitrogens with zero attached hydrogens (tertiary/aromatic N) is 1. The standard InChI is InChI=1S/C7H11BrN2O/c1-4(2)3-5-6(8)7(9)10-11-5/h4H,3H2,1-2H3,(H2,9,10). The normalized spacial score (nSPS) is 10.9. The second-order valence-electron chi connectivity index (χ2n) is 2.90. The van der Waals surface area contributed by atoms with Crippen molar-refractivity contribution in [2.75, 3.05) is 5.73 Å². The fourth-order valence-corrected chi connectivity index (χ4v) is 1.13. The topological polar surface area (TPSA) is 52.0 Å². The lowest BCUT2D eigenvalue weighted by atomic mass is 10.1. The van der Waals surface area contributed by atoms with Crippen LogP contribution in [0.15, 0.2) is 9.00 Å². The van der Waals surface area contributed by atoms with E-state index in [-0.39, 0.29) is 0 Å². The van der Waals surface area contributed by atoms with Gasteiger partial charge in [0.05, 0.1) is 0 Å². The number of hydrogen-bond acceptors (Lipinski definition) is 3. The number of anilines is 1. The molecule has 1 aromatic heterocycles. The Hall–Kier alpha value is -0.510. The van der Waals surface area contributed by atoms with Gasteiger partial charge in [-0.05, 0) is 21.8 Å². The van der Waals surface area contributed by atoms with Gasteiger partial charge >= 0.3 is 0 Å². The molecule has 1 aromatic rings. The van der Waals surface area contributed by atoms with E-state index in [1.807, 2.05) is 0 Å². The van der Waals surface area contributed by atoms with Gasteiger partial charge in [0.2, 0.25) is 0 Å². The van der Waals surface area contributed by atoms with Crippen molar-refractivity contribution in [3.63, 3.8) is 0 Å². The minimum atomic E-state index is 0.431. The summed E-state index contributed by atoms with van der Waals surface area (Å²) in [7, 11) is 0. The molecule has 0 amide bonds. The van der Waals surface area contributed by atoms with Crippen molar-refractivity contribution in [1.82, 2.24) is 5.16 Å². The van der Waals surface area contributed by atoms with Crippen LogP contribution < -0.4 is 5.73 Å². The first-order valence-corrected chi connectivity index (χ1v) is 4.30. The summed E-state index contributed by atoms with van der Waals surface area (Å²) in [5.41, 5.74) is 5.46. The largest absolute Gasteiger partial charge is 0.380 e. The Morgan fingerprint density at radius 1 is 1.64 bits per heavy atom. The van der Waals surface area contributed by atoms with Gasteiger partial charge in [0.25, 0.3) is 0 Å². The summed E-state index contributed by atoms with van der Waals surface area (Å²) >= 11 is 3.30. The van der Waals surface area contributed by atoms with Crippen LogP contribution in [0.1, 0.15) is 19.6 Å². The Balaban J connectivity index is 2.79. The highest BCUT2D eigenvalue weighted by molar-refractivity contribution is 9.10. The molecule has 0 aliphatic heterocycles. The predicted octanol–water partition coefficient (Wildman–Crippen LogP) is 2.22. The van der Waals surface area contributed by atoms with Crippen LogP contribution in [0, 0.1) is 5.92 Å². The average molecular weight is 219 g/mol. The smallest absolute Gasteiger partial charge is 0.181 e. The zero-order chi connectivity index (χ0) is 8.43. The van der Waals surface area contributed by atoms with Gasteiger partial charge in [0, 0.05) is 6.42 Å². The summed E-state index contributed by atoms with van der Waals surface area (Å²) in [6.45, 7) is 4.23. The third-order valence-corrected chi connectivity index (χ3v) is 2.17. The number of nitrogen functional groups attached to an aromatic ring is 1. The summed E-state index contributed by atoms with van der Waals surface area (Å²) < 4.78 is 5.78. The lowest BCUT2D eigenvalue weighted by Gasteiger charge is -1.98. The second kappa shape index (κ2) is 3.26. The number of rotatable bonds is 2. The van der Waals surface area contributed by atoms with Gasteiger partial charge in [-0.3, -0.25) is 0 Å². The fourth-order valence-electron chi connectivity index (χ4n) is 0.825. The highest BCUT2D eigenvalue weighted by atomic mass is 79.9. The molecule has 0 aliphatic carbocycles. The molecule has 0 atom stereocenters. The Kier molecular flexibility index (Phi) is 2.54. The molecule has 62 valence electrons. The van der Waals surface area contributed by atoms with Gasteiger partial charge in [0.1, 0.15) is 4.47 Å². The zero-order valence-electron chi connectivity index (χ0n) is 6.60. The van der Waals surface area contributed by atoms with Crippen LogP contribution >= 0.6 is 15.9 Å².